The van der Waals surface area contributed by atoms with Crippen LogP contribution in [0, 0.1) is 0 Å². The van der Waals surface area contributed by atoms with Crippen LogP contribution in [-0.2, 0) is 0 Å². The molecule has 2 aromatic rings. The lowest BCUT2D eigenvalue weighted by molar-refractivity contribution is 0.0955. The number of ether oxygens (including phenoxy) is 1. The lowest BCUT2D eigenvalue weighted by Gasteiger charge is -2.13. The van der Waals surface area contributed by atoms with Crippen LogP contribution in [0.4, 0.5) is 0 Å². The lowest BCUT2D eigenvalue weighted by Crippen LogP contribution is -2.22. The maximum absolute atomic E-state index is 11.7. The second kappa shape index (κ2) is 6.90. The number of carbonyl (C=O) groups excluding carboxylic acids is 1. The first kappa shape index (κ1) is 15.1. The van der Waals surface area contributed by atoms with Crippen LogP contribution in [0.5, 0.6) is 5.75 Å². The van der Waals surface area contributed by atoms with Crippen LogP contribution in [0.25, 0.3) is 0 Å². The summed E-state index contributed by atoms with van der Waals surface area (Å²) in [5.74, 6) is 0.588. The van der Waals surface area contributed by atoms with Gasteiger partial charge in [-0.1, -0.05) is 24.3 Å². The van der Waals surface area contributed by atoms with Crippen LogP contribution in [0.2, 0.25) is 0 Å². The molecule has 1 unspecified atom stereocenters. The van der Waals surface area contributed by atoms with Gasteiger partial charge in [0.05, 0.1) is 7.11 Å². The van der Waals surface area contributed by atoms with Crippen LogP contribution in [0.3, 0.4) is 0 Å². The molecule has 0 fully saturated rings. The third-order valence-corrected chi connectivity index (χ3v) is 3.24. The van der Waals surface area contributed by atoms with Crippen molar-refractivity contribution >= 4 is 5.91 Å². The van der Waals surface area contributed by atoms with Crippen molar-refractivity contribution < 1.29 is 14.6 Å². The highest BCUT2D eigenvalue weighted by Crippen LogP contribution is 2.25. The zero-order valence-electron chi connectivity index (χ0n) is 12.2. The number of carbonyl (C=O) groups is 1. The second-order valence-corrected chi connectivity index (χ2v) is 4.66. The highest BCUT2D eigenvalue weighted by atomic mass is 16.5. The Hall–Kier alpha value is -2.33. The number of hydrogen-bond acceptors (Lipinski definition) is 3. The van der Waals surface area contributed by atoms with E-state index in [2.05, 4.69) is 5.32 Å². The summed E-state index contributed by atoms with van der Waals surface area (Å²) in [6.07, 6.45) is -0.747. The summed E-state index contributed by atoms with van der Waals surface area (Å²) in [5.41, 5.74) is 2.06. The molecule has 110 valence electrons. The highest BCUT2D eigenvalue weighted by molar-refractivity contribution is 5.94. The number of hydrogen-bond donors (Lipinski definition) is 2. The molecule has 0 saturated heterocycles. The Kier molecular flexibility index (Phi) is 4.95. The summed E-state index contributed by atoms with van der Waals surface area (Å²) in [5, 5.41) is 13.1. The van der Waals surface area contributed by atoms with Crippen LogP contribution < -0.4 is 10.1 Å². The van der Waals surface area contributed by atoms with Gasteiger partial charge in [-0.05, 0) is 42.3 Å². The normalized spacial score (nSPS) is 11.8. The fourth-order valence-electron chi connectivity index (χ4n) is 2.08. The van der Waals surface area contributed by atoms with Crippen molar-refractivity contribution in [1.82, 2.24) is 5.32 Å². The van der Waals surface area contributed by atoms with Gasteiger partial charge in [-0.15, -0.1) is 0 Å². The molecule has 4 nitrogen and oxygen atoms in total. The summed E-state index contributed by atoms with van der Waals surface area (Å²) >= 11 is 0. The van der Waals surface area contributed by atoms with E-state index in [0.717, 1.165) is 11.1 Å². The van der Waals surface area contributed by atoms with E-state index in [-0.39, 0.29) is 5.91 Å². The second-order valence-electron chi connectivity index (χ2n) is 4.66. The van der Waals surface area contributed by atoms with Gasteiger partial charge in [0.15, 0.2) is 0 Å². The van der Waals surface area contributed by atoms with E-state index < -0.39 is 6.10 Å². The molecule has 21 heavy (non-hydrogen) atoms. The molecule has 0 aliphatic rings. The zero-order valence-corrected chi connectivity index (χ0v) is 12.2. The van der Waals surface area contributed by atoms with Crippen molar-refractivity contribution in [3.63, 3.8) is 0 Å². The summed E-state index contributed by atoms with van der Waals surface area (Å²) < 4.78 is 5.15. The zero-order chi connectivity index (χ0) is 15.2. The molecule has 1 amide bonds. The summed E-state index contributed by atoms with van der Waals surface area (Å²) in [7, 11) is 1.59. The van der Waals surface area contributed by atoms with Crippen LogP contribution in [-0.4, -0.2) is 24.7 Å². The number of rotatable bonds is 5. The average Bonchev–Trinajstić information content (AvgIpc) is 2.54. The molecule has 0 aliphatic carbocycles. The Morgan fingerprint density at radius 3 is 2.52 bits per heavy atom. The van der Waals surface area contributed by atoms with Crippen LogP contribution in [0.1, 0.15) is 34.5 Å². The number of methoxy groups -OCH3 is 1. The van der Waals surface area contributed by atoms with E-state index in [1.54, 1.807) is 37.4 Å². The number of aliphatic hydroxyl groups is 1. The molecule has 0 bridgehead atoms. The van der Waals surface area contributed by atoms with Crippen molar-refractivity contribution in [2.24, 2.45) is 0 Å². The Bertz CT molecular complexity index is 608. The van der Waals surface area contributed by atoms with Gasteiger partial charge in [0.2, 0.25) is 0 Å². The first-order chi connectivity index (χ1) is 10.2. The molecule has 0 saturated carbocycles. The molecule has 4 heteroatoms. The van der Waals surface area contributed by atoms with E-state index in [1.165, 1.54) is 0 Å². The number of amides is 1. The van der Waals surface area contributed by atoms with Crippen molar-refractivity contribution in [1.29, 1.82) is 0 Å². The maximum Gasteiger partial charge on any atom is 0.251 e. The minimum atomic E-state index is -0.747. The van der Waals surface area contributed by atoms with Crippen molar-refractivity contribution in [3.8, 4) is 5.75 Å². The predicted molar refractivity (Wildman–Crippen MR) is 81.5 cm³/mol. The molecule has 1 atom stereocenters. The van der Waals surface area contributed by atoms with E-state index in [9.17, 15) is 9.90 Å². The van der Waals surface area contributed by atoms with Gasteiger partial charge in [-0.3, -0.25) is 4.79 Å². The Balaban J connectivity index is 2.19. The van der Waals surface area contributed by atoms with Gasteiger partial charge < -0.3 is 15.2 Å². The molecular weight excluding hydrogens is 266 g/mol. The van der Waals surface area contributed by atoms with E-state index >= 15 is 0 Å². The molecule has 2 aromatic carbocycles. The third kappa shape index (κ3) is 3.61. The maximum atomic E-state index is 11.7. The lowest BCUT2D eigenvalue weighted by atomic mass is 10.00. The Labute approximate surface area is 124 Å². The predicted octanol–water partition coefficient (Wildman–Crippen LogP) is 2.53. The van der Waals surface area contributed by atoms with Gasteiger partial charge in [-0.2, -0.15) is 0 Å². The largest absolute Gasteiger partial charge is 0.497 e. The number of aliphatic hydroxyl groups excluding tert-OH is 1. The van der Waals surface area contributed by atoms with Crippen molar-refractivity contribution in [3.05, 3.63) is 65.2 Å². The first-order valence-electron chi connectivity index (χ1n) is 6.86. The molecule has 0 heterocycles. The highest BCUT2D eigenvalue weighted by Gasteiger charge is 2.12. The molecule has 0 spiro atoms. The van der Waals surface area contributed by atoms with E-state index in [4.69, 9.17) is 4.74 Å². The Morgan fingerprint density at radius 1 is 1.19 bits per heavy atom. The van der Waals surface area contributed by atoms with Gasteiger partial charge >= 0.3 is 0 Å². The molecule has 0 radical (unpaired) electrons. The van der Waals surface area contributed by atoms with Crippen molar-refractivity contribution in [2.75, 3.05) is 13.7 Å². The molecule has 0 aromatic heterocycles. The van der Waals surface area contributed by atoms with E-state index in [0.29, 0.717) is 17.9 Å². The van der Waals surface area contributed by atoms with E-state index in [1.807, 2.05) is 25.1 Å². The average molecular weight is 285 g/mol. The summed E-state index contributed by atoms with van der Waals surface area (Å²) in [6.45, 7) is 2.46. The molecular formula is C17H19NO3. The van der Waals surface area contributed by atoms with Gasteiger partial charge in [-0.25, -0.2) is 0 Å². The number of nitrogens with one attached hydrogen (secondary N) is 1. The monoisotopic (exact) mass is 285 g/mol. The molecule has 2 rings (SSSR count). The van der Waals surface area contributed by atoms with Crippen molar-refractivity contribution in [2.45, 2.75) is 13.0 Å². The molecule has 2 N–H and O–H groups in total. The smallest absolute Gasteiger partial charge is 0.251 e. The van der Waals surface area contributed by atoms with Gasteiger partial charge in [0, 0.05) is 12.1 Å². The fraction of sp³-hybridized carbons (Fsp3) is 0.235. The fourth-order valence-corrected chi connectivity index (χ4v) is 2.08. The first-order valence-corrected chi connectivity index (χ1v) is 6.86. The minimum absolute atomic E-state index is 0.111. The van der Waals surface area contributed by atoms with Crippen LogP contribution in [0.15, 0.2) is 48.5 Å². The number of benzene rings is 2. The SMILES string of the molecule is CCNC(=O)c1ccc(C(O)c2cccc(OC)c2)cc1. The quantitative estimate of drug-likeness (QED) is 0.887. The van der Waals surface area contributed by atoms with Gasteiger partial charge in [0.1, 0.15) is 11.9 Å². The molecule has 0 aliphatic heterocycles. The van der Waals surface area contributed by atoms with Crippen LogP contribution >= 0.6 is 0 Å². The minimum Gasteiger partial charge on any atom is -0.497 e. The topological polar surface area (TPSA) is 58.6 Å². The third-order valence-electron chi connectivity index (χ3n) is 3.24. The standard InChI is InChI=1S/C17H19NO3/c1-3-18-17(20)13-9-7-12(8-10-13)16(19)14-5-4-6-15(11-14)21-2/h4-11,16,19H,3H2,1-2H3,(H,18,20). The Morgan fingerprint density at radius 2 is 1.90 bits per heavy atom. The summed E-state index contributed by atoms with van der Waals surface area (Å²) in [4.78, 5) is 11.7. The summed E-state index contributed by atoms with van der Waals surface area (Å²) in [6, 6.07) is 14.2. The van der Waals surface area contributed by atoms with Gasteiger partial charge in [0.25, 0.3) is 5.91 Å².